The Kier molecular flexibility index (Phi) is 7.78. The third-order valence-corrected chi connectivity index (χ3v) is 6.83. The van der Waals surface area contributed by atoms with Crippen molar-refractivity contribution in [3.05, 3.63) is 23.8 Å². The minimum absolute atomic E-state index is 0.868. The van der Waals surface area contributed by atoms with E-state index in [1.807, 2.05) is 6.07 Å². The monoisotopic (exact) mass is 363 g/mol. The number of nitrogens with zero attached hydrogens (tertiary/aromatic N) is 2. The highest BCUT2D eigenvalue weighted by molar-refractivity contribution is 6.76. The van der Waals surface area contributed by atoms with Gasteiger partial charge in [0, 0.05) is 52.2 Å². The fourth-order valence-corrected chi connectivity index (χ4v) is 4.51. The average Bonchev–Trinajstić information content (AvgIpc) is 2.78. The fourth-order valence-electron chi connectivity index (χ4n) is 3.31. The molecule has 0 bridgehead atoms. The lowest BCUT2D eigenvalue weighted by molar-refractivity contribution is 0.106. The van der Waals surface area contributed by atoms with Crippen LogP contribution in [0.25, 0.3) is 0 Å². The Bertz CT molecular complexity index is 530. The van der Waals surface area contributed by atoms with Crippen LogP contribution < -0.4 is 10.6 Å². The number of hydrogen-bond acceptors (Lipinski definition) is 4. The quantitative estimate of drug-likeness (QED) is 0.433. The van der Waals surface area contributed by atoms with Crippen molar-refractivity contribution in [1.29, 1.82) is 0 Å². The Morgan fingerprint density at radius 1 is 1.08 bits per heavy atom. The van der Waals surface area contributed by atoms with Gasteiger partial charge >= 0.3 is 0 Å². The first-order chi connectivity index (χ1) is 11.8. The molecule has 2 rings (SSSR count). The highest BCUT2D eigenvalue weighted by Crippen LogP contribution is 2.21. The fraction of sp³-hybridized carbons (Fsp3) is 0.700. The number of anilines is 2. The van der Waals surface area contributed by atoms with Crippen LogP contribution in [0.1, 0.15) is 18.4 Å². The molecule has 0 amide bonds. The van der Waals surface area contributed by atoms with E-state index in [2.05, 4.69) is 48.5 Å². The van der Waals surface area contributed by atoms with Crippen molar-refractivity contribution >= 4 is 19.4 Å². The maximum absolute atomic E-state index is 5.95. The molecule has 142 valence electrons. The molecular weight excluding hydrogens is 326 g/mol. The van der Waals surface area contributed by atoms with E-state index in [4.69, 9.17) is 10.5 Å². The van der Waals surface area contributed by atoms with Crippen molar-refractivity contribution in [3.8, 4) is 0 Å². The van der Waals surface area contributed by atoms with Gasteiger partial charge in [-0.1, -0.05) is 25.7 Å². The summed E-state index contributed by atoms with van der Waals surface area (Å²) < 4.78 is 5.87. The predicted molar refractivity (Wildman–Crippen MR) is 112 cm³/mol. The Labute approximate surface area is 155 Å². The minimum Gasteiger partial charge on any atom is -0.399 e. The van der Waals surface area contributed by atoms with Gasteiger partial charge in [-0.05, 0) is 50.1 Å². The van der Waals surface area contributed by atoms with E-state index >= 15 is 0 Å². The molecule has 0 aromatic heterocycles. The number of benzene rings is 1. The molecule has 1 aromatic carbocycles. The molecule has 1 fully saturated rings. The second kappa shape index (κ2) is 9.60. The van der Waals surface area contributed by atoms with Gasteiger partial charge in [-0.15, -0.1) is 0 Å². The van der Waals surface area contributed by atoms with E-state index in [0.717, 1.165) is 45.1 Å². The predicted octanol–water partition coefficient (Wildman–Crippen LogP) is 3.83. The molecule has 2 N–H and O–H groups in total. The lowest BCUT2D eigenvalue weighted by atomic mass is 10.1. The van der Waals surface area contributed by atoms with Crippen LogP contribution in [0.15, 0.2) is 18.2 Å². The molecule has 4 nitrogen and oxygen atoms in total. The zero-order valence-corrected chi connectivity index (χ0v) is 17.7. The zero-order valence-electron chi connectivity index (χ0n) is 16.7. The van der Waals surface area contributed by atoms with Crippen LogP contribution in [-0.4, -0.2) is 58.9 Å². The molecule has 0 saturated carbocycles. The second-order valence-corrected chi connectivity index (χ2v) is 14.1. The van der Waals surface area contributed by atoms with Gasteiger partial charge in [0.15, 0.2) is 0 Å². The third-order valence-electron chi connectivity index (χ3n) is 4.97. The van der Waals surface area contributed by atoms with Crippen molar-refractivity contribution < 1.29 is 4.74 Å². The summed E-state index contributed by atoms with van der Waals surface area (Å²) in [6, 6.07) is 7.76. The van der Waals surface area contributed by atoms with Crippen molar-refractivity contribution in [3.63, 3.8) is 0 Å². The summed E-state index contributed by atoms with van der Waals surface area (Å²) in [7, 11) is -0.908. The molecule has 0 spiro atoms. The number of ether oxygens (including phenoxy) is 1. The zero-order chi connectivity index (χ0) is 18.3. The summed E-state index contributed by atoms with van der Waals surface area (Å²) in [5.74, 6) is 0. The number of hydrogen-bond donors (Lipinski definition) is 1. The molecule has 0 radical (unpaired) electrons. The molecule has 1 aliphatic rings. The number of rotatable bonds is 8. The van der Waals surface area contributed by atoms with Crippen molar-refractivity contribution in [2.24, 2.45) is 0 Å². The average molecular weight is 364 g/mol. The first-order valence-electron chi connectivity index (χ1n) is 9.76. The molecule has 25 heavy (non-hydrogen) atoms. The molecule has 0 unspecified atom stereocenters. The molecule has 1 heterocycles. The second-order valence-electron chi connectivity index (χ2n) is 8.50. The van der Waals surface area contributed by atoms with Crippen LogP contribution >= 0.6 is 0 Å². The molecular formula is C20H37N3OSi. The summed E-state index contributed by atoms with van der Waals surface area (Å²) in [5.41, 5.74) is 9.30. The first-order valence-corrected chi connectivity index (χ1v) is 13.5. The normalized spacial score (nSPS) is 16.9. The van der Waals surface area contributed by atoms with Crippen molar-refractivity contribution in [1.82, 2.24) is 4.90 Å². The Balaban J connectivity index is 1.68. The Morgan fingerprint density at radius 2 is 1.88 bits per heavy atom. The van der Waals surface area contributed by atoms with Gasteiger partial charge in [-0.2, -0.15) is 0 Å². The first kappa shape index (κ1) is 20.3. The van der Waals surface area contributed by atoms with Crippen molar-refractivity contribution in [2.45, 2.75) is 45.5 Å². The molecule has 0 atom stereocenters. The number of nitrogens with two attached hydrogens (primary N) is 1. The summed E-state index contributed by atoms with van der Waals surface area (Å²) in [6.45, 7) is 16.7. The topological polar surface area (TPSA) is 41.7 Å². The van der Waals surface area contributed by atoms with E-state index in [0.29, 0.717) is 0 Å². The van der Waals surface area contributed by atoms with Gasteiger partial charge in [-0.25, -0.2) is 0 Å². The highest BCUT2D eigenvalue weighted by atomic mass is 28.3. The minimum atomic E-state index is -0.908. The van der Waals surface area contributed by atoms with E-state index in [9.17, 15) is 0 Å². The van der Waals surface area contributed by atoms with Gasteiger partial charge in [0.25, 0.3) is 0 Å². The largest absolute Gasteiger partial charge is 0.399 e. The van der Waals surface area contributed by atoms with Gasteiger partial charge in [0.2, 0.25) is 0 Å². The van der Waals surface area contributed by atoms with Crippen LogP contribution in [0.2, 0.25) is 25.7 Å². The van der Waals surface area contributed by atoms with Gasteiger partial charge in [-0.3, -0.25) is 4.90 Å². The summed E-state index contributed by atoms with van der Waals surface area (Å²) in [5, 5.41) is 0. The van der Waals surface area contributed by atoms with Crippen LogP contribution in [0, 0.1) is 6.92 Å². The standard InChI is InChI=1S/C20H37N3OSi/c1-18-17-19(7-8-20(18)21)23-10-5-9-22(11-12-23)13-15-24-14-6-16-25(2,3)4/h7-8,17H,5-6,9-16,21H2,1-4H3. The lowest BCUT2D eigenvalue weighted by Crippen LogP contribution is -2.33. The van der Waals surface area contributed by atoms with Crippen molar-refractivity contribution in [2.75, 3.05) is 56.6 Å². The Morgan fingerprint density at radius 3 is 2.60 bits per heavy atom. The summed E-state index contributed by atoms with van der Waals surface area (Å²) in [4.78, 5) is 5.03. The number of nitrogen functional groups attached to an aromatic ring is 1. The molecule has 0 aliphatic carbocycles. The molecule has 5 heteroatoms. The van der Waals surface area contributed by atoms with Gasteiger partial charge in [0.1, 0.15) is 0 Å². The highest BCUT2D eigenvalue weighted by Gasteiger charge is 2.16. The summed E-state index contributed by atoms with van der Waals surface area (Å²) >= 11 is 0. The van der Waals surface area contributed by atoms with E-state index in [1.165, 1.54) is 36.7 Å². The van der Waals surface area contributed by atoms with E-state index in [1.54, 1.807) is 0 Å². The smallest absolute Gasteiger partial charge is 0.0593 e. The van der Waals surface area contributed by atoms with E-state index in [-0.39, 0.29) is 0 Å². The Hall–Kier alpha value is -1.04. The maximum atomic E-state index is 5.95. The van der Waals surface area contributed by atoms with Crippen LogP contribution in [-0.2, 0) is 4.74 Å². The third kappa shape index (κ3) is 7.38. The maximum Gasteiger partial charge on any atom is 0.0593 e. The van der Waals surface area contributed by atoms with Crippen LogP contribution in [0.4, 0.5) is 11.4 Å². The van der Waals surface area contributed by atoms with E-state index < -0.39 is 8.07 Å². The summed E-state index contributed by atoms with van der Waals surface area (Å²) in [6.07, 6.45) is 2.43. The SMILES string of the molecule is Cc1cc(N2CCCN(CCOCCC[Si](C)(C)C)CC2)ccc1N. The van der Waals surface area contributed by atoms with Crippen LogP contribution in [0.5, 0.6) is 0 Å². The van der Waals surface area contributed by atoms with Gasteiger partial charge < -0.3 is 15.4 Å². The number of aryl methyl sites for hydroxylation is 1. The van der Waals surface area contributed by atoms with Crippen LogP contribution in [0.3, 0.4) is 0 Å². The molecule has 1 saturated heterocycles. The molecule has 1 aromatic rings. The van der Waals surface area contributed by atoms with Gasteiger partial charge in [0.05, 0.1) is 6.61 Å². The molecule has 1 aliphatic heterocycles. The lowest BCUT2D eigenvalue weighted by Gasteiger charge is -2.24.